The average molecular weight is 290 g/mol. The molecule has 5 heteroatoms. The summed E-state index contributed by atoms with van der Waals surface area (Å²) in [5.74, 6) is -0.283. The third-order valence-electron chi connectivity index (χ3n) is 4.57. The summed E-state index contributed by atoms with van der Waals surface area (Å²) in [4.78, 5) is 16.4. The van der Waals surface area contributed by atoms with Crippen LogP contribution in [0.2, 0.25) is 0 Å². The van der Waals surface area contributed by atoms with Crippen molar-refractivity contribution in [1.82, 2.24) is 4.90 Å². The van der Waals surface area contributed by atoms with E-state index in [0.29, 0.717) is 11.6 Å². The Balaban J connectivity index is 1.65. The highest BCUT2D eigenvalue weighted by Gasteiger charge is 2.35. The highest BCUT2D eigenvalue weighted by molar-refractivity contribution is 5.92. The molecule has 0 aromatic heterocycles. The molecule has 1 N–H and O–H groups in total. The van der Waals surface area contributed by atoms with Gasteiger partial charge in [0, 0.05) is 37.9 Å². The van der Waals surface area contributed by atoms with Gasteiger partial charge in [0.2, 0.25) is 0 Å². The van der Waals surface area contributed by atoms with E-state index >= 15 is 0 Å². The van der Waals surface area contributed by atoms with Gasteiger partial charge in [0.25, 0.3) is 0 Å². The molecule has 3 rings (SSSR count). The number of likely N-dealkylation sites (tertiary alicyclic amines) is 1. The van der Waals surface area contributed by atoms with Crippen LogP contribution >= 0.6 is 0 Å². The Kier molecular flexibility index (Phi) is 3.87. The van der Waals surface area contributed by atoms with E-state index in [-0.39, 0.29) is 12.1 Å². The molecule has 1 unspecified atom stereocenters. The van der Waals surface area contributed by atoms with Crippen LogP contribution in [0.4, 0.5) is 5.69 Å². The lowest BCUT2D eigenvalue weighted by molar-refractivity contribution is 0.0600. The lowest BCUT2D eigenvalue weighted by Crippen LogP contribution is -2.59. The first-order valence-electron chi connectivity index (χ1n) is 7.44. The number of esters is 1. The van der Waals surface area contributed by atoms with Crippen molar-refractivity contribution in [3.05, 3.63) is 29.3 Å². The van der Waals surface area contributed by atoms with Crippen molar-refractivity contribution in [2.75, 3.05) is 38.2 Å². The molecular weight excluding hydrogens is 268 g/mol. The fourth-order valence-electron chi connectivity index (χ4n) is 3.13. The summed E-state index contributed by atoms with van der Waals surface area (Å²) < 4.78 is 4.82. The number of hydrogen-bond acceptors (Lipinski definition) is 5. The molecule has 1 aromatic rings. The molecule has 1 aromatic carbocycles. The Hall–Kier alpha value is -1.59. The molecule has 2 fully saturated rings. The monoisotopic (exact) mass is 290 g/mol. The minimum Gasteiger partial charge on any atom is -0.465 e. The van der Waals surface area contributed by atoms with Gasteiger partial charge in [0.05, 0.1) is 18.8 Å². The lowest BCUT2D eigenvalue weighted by Gasteiger charge is -2.45. The van der Waals surface area contributed by atoms with Crippen LogP contribution in [0.25, 0.3) is 0 Å². The van der Waals surface area contributed by atoms with Crippen molar-refractivity contribution < 1.29 is 14.6 Å². The van der Waals surface area contributed by atoms with E-state index < -0.39 is 0 Å². The molecule has 5 nitrogen and oxygen atoms in total. The standard InChI is InChI=1S/C16H22N2O3/c1-11-3-4-12(7-15(11)16(20)21-2)18-8-13(9-18)17-6-5-14(19)10-17/h3-4,7,13-14,19H,5-6,8-10H2,1-2H3. The van der Waals surface area contributed by atoms with E-state index in [2.05, 4.69) is 15.9 Å². The SMILES string of the molecule is COC(=O)c1cc(N2CC(N3CCC(O)C3)C2)ccc1C. The zero-order valence-electron chi connectivity index (χ0n) is 12.6. The molecule has 2 heterocycles. The number of aliphatic hydroxyl groups is 1. The third-order valence-corrected chi connectivity index (χ3v) is 4.57. The zero-order chi connectivity index (χ0) is 15.0. The number of rotatable bonds is 3. The summed E-state index contributed by atoms with van der Waals surface area (Å²) in [5.41, 5.74) is 2.64. The average Bonchev–Trinajstić information content (AvgIpc) is 2.84. The third kappa shape index (κ3) is 2.76. The van der Waals surface area contributed by atoms with E-state index in [4.69, 9.17) is 4.74 Å². The van der Waals surface area contributed by atoms with E-state index in [1.165, 1.54) is 7.11 Å². The van der Waals surface area contributed by atoms with Crippen molar-refractivity contribution in [3.8, 4) is 0 Å². The minimum absolute atomic E-state index is 0.163. The van der Waals surface area contributed by atoms with Crippen LogP contribution in [-0.4, -0.2) is 61.4 Å². The van der Waals surface area contributed by atoms with Gasteiger partial charge >= 0.3 is 5.97 Å². The topological polar surface area (TPSA) is 53.0 Å². The van der Waals surface area contributed by atoms with Gasteiger partial charge in [-0.2, -0.15) is 0 Å². The molecule has 2 saturated heterocycles. The fourth-order valence-corrected chi connectivity index (χ4v) is 3.13. The van der Waals surface area contributed by atoms with Gasteiger partial charge in [-0.05, 0) is 31.0 Å². The predicted molar refractivity (Wildman–Crippen MR) is 80.7 cm³/mol. The molecule has 0 aliphatic carbocycles. The number of β-amino-alcohol motifs (C(OH)–C–C–N with tert-alkyl or cyclic N) is 1. The number of methoxy groups -OCH3 is 1. The first-order chi connectivity index (χ1) is 10.1. The second-order valence-corrected chi connectivity index (χ2v) is 5.99. The van der Waals surface area contributed by atoms with Crippen LogP contribution in [0, 0.1) is 6.92 Å². The van der Waals surface area contributed by atoms with E-state index in [1.807, 2.05) is 19.1 Å². The summed E-state index contributed by atoms with van der Waals surface area (Å²) >= 11 is 0. The van der Waals surface area contributed by atoms with Crippen LogP contribution in [-0.2, 0) is 4.74 Å². The van der Waals surface area contributed by atoms with Crippen LogP contribution in [0.5, 0.6) is 0 Å². The highest BCUT2D eigenvalue weighted by Crippen LogP contribution is 2.28. The number of aliphatic hydroxyl groups excluding tert-OH is 1. The molecule has 0 radical (unpaired) electrons. The molecule has 2 aliphatic heterocycles. The Morgan fingerprint density at radius 1 is 1.33 bits per heavy atom. The number of nitrogens with zero attached hydrogens (tertiary/aromatic N) is 2. The van der Waals surface area contributed by atoms with Crippen LogP contribution in [0.1, 0.15) is 22.3 Å². The summed E-state index contributed by atoms with van der Waals surface area (Å²) in [6.45, 7) is 5.61. The van der Waals surface area contributed by atoms with E-state index in [9.17, 15) is 9.90 Å². The fraction of sp³-hybridized carbons (Fsp3) is 0.562. The number of hydrogen-bond donors (Lipinski definition) is 1. The maximum atomic E-state index is 11.7. The first kappa shape index (κ1) is 14.4. The summed E-state index contributed by atoms with van der Waals surface area (Å²) in [6, 6.07) is 6.45. The number of aryl methyl sites for hydroxylation is 1. The molecule has 0 amide bonds. The first-order valence-corrected chi connectivity index (χ1v) is 7.44. The van der Waals surface area contributed by atoms with Crippen molar-refractivity contribution in [3.63, 3.8) is 0 Å². The normalized spacial score (nSPS) is 23.2. The Morgan fingerprint density at radius 3 is 2.71 bits per heavy atom. The molecule has 0 saturated carbocycles. The van der Waals surface area contributed by atoms with Gasteiger partial charge in [0.1, 0.15) is 0 Å². The van der Waals surface area contributed by atoms with Gasteiger partial charge in [-0.1, -0.05) is 6.07 Å². The number of carbonyl (C=O) groups is 1. The molecule has 1 atom stereocenters. The zero-order valence-corrected chi connectivity index (χ0v) is 12.6. The van der Waals surface area contributed by atoms with Gasteiger partial charge in [-0.15, -0.1) is 0 Å². The Bertz CT molecular complexity index is 540. The van der Waals surface area contributed by atoms with Crippen LogP contribution < -0.4 is 4.90 Å². The van der Waals surface area contributed by atoms with Crippen molar-refractivity contribution in [2.24, 2.45) is 0 Å². The number of benzene rings is 1. The molecule has 114 valence electrons. The minimum atomic E-state index is -0.283. The number of ether oxygens (including phenoxy) is 1. The largest absolute Gasteiger partial charge is 0.465 e. The maximum absolute atomic E-state index is 11.7. The molecule has 21 heavy (non-hydrogen) atoms. The Morgan fingerprint density at radius 2 is 2.10 bits per heavy atom. The number of carbonyl (C=O) groups excluding carboxylic acids is 1. The maximum Gasteiger partial charge on any atom is 0.338 e. The van der Waals surface area contributed by atoms with Crippen molar-refractivity contribution in [2.45, 2.75) is 25.5 Å². The van der Waals surface area contributed by atoms with E-state index in [1.54, 1.807) is 0 Å². The van der Waals surface area contributed by atoms with E-state index in [0.717, 1.165) is 43.9 Å². The second-order valence-electron chi connectivity index (χ2n) is 5.99. The molecule has 2 aliphatic rings. The summed E-state index contributed by atoms with van der Waals surface area (Å²) in [6.07, 6.45) is 0.720. The molecular formula is C16H22N2O3. The van der Waals surface area contributed by atoms with Gasteiger partial charge in [0.15, 0.2) is 0 Å². The molecule has 0 bridgehead atoms. The quantitative estimate of drug-likeness (QED) is 0.843. The van der Waals surface area contributed by atoms with Crippen molar-refractivity contribution in [1.29, 1.82) is 0 Å². The summed E-state index contributed by atoms with van der Waals surface area (Å²) in [5, 5.41) is 9.60. The van der Waals surface area contributed by atoms with Crippen LogP contribution in [0.3, 0.4) is 0 Å². The smallest absolute Gasteiger partial charge is 0.338 e. The highest BCUT2D eigenvalue weighted by atomic mass is 16.5. The molecule has 0 spiro atoms. The Labute approximate surface area is 125 Å². The second kappa shape index (κ2) is 5.66. The van der Waals surface area contributed by atoms with Crippen molar-refractivity contribution >= 4 is 11.7 Å². The van der Waals surface area contributed by atoms with Gasteiger partial charge < -0.3 is 14.7 Å². The van der Waals surface area contributed by atoms with Gasteiger partial charge in [-0.25, -0.2) is 4.79 Å². The summed E-state index contributed by atoms with van der Waals surface area (Å²) in [7, 11) is 1.41. The predicted octanol–water partition coefficient (Wildman–Crippen LogP) is 1.04. The lowest BCUT2D eigenvalue weighted by atomic mass is 10.0. The van der Waals surface area contributed by atoms with Gasteiger partial charge in [-0.3, -0.25) is 4.90 Å². The number of anilines is 1. The van der Waals surface area contributed by atoms with Crippen LogP contribution in [0.15, 0.2) is 18.2 Å².